The Kier molecular flexibility index (Phi) is 4.47. The first-order valence-electron chi connectivity index (χ1n) is 6.64. The summed E-state index contributed by atoms with van der Waals surface area (Å²) in [7, 11) is 0. The van der Waals surface area contributed by atoms with E-state index >= 15 is 0 Å². The van der Waals surface area contributed by atoms with Gasteiger partial charge in [-0.05, 0) is 39.0 Å². The number of nitrogen functional groups attached to an aromatic ring is 1. The molecule has 1 aromatic heterocycles. The van der Waals surface area contributed by atoms with Crippen molar-refractivity contribution in [2.24, 2.45) is 0 Å². The lowest BCUT2D eigenvalue weighted by molar-refractivity contribution is 0.0526. The van der Waals surface area contributed by atoms with Crippen LogP contribution in [0.1, 0.15) is 34.3 Å². The summed E-state index contributed by atoms with van der Waals surface area (Å²) in [5.74, 6) is 0.818. The number of carbonyl (C=O) groups is 1. The van der Waals surface area contributed by atoms with E-state index in [1.165, 1.54) is 0 Å². The number of benzene rings is 1. The first-order valence-corrected chi connectivity index (χ1v) is 6.64. The number of carbonyl (C=O) groups excluding carboxylic acids is 1. The number of nitrogens with two attached hydrogens (primary N) is 1. The Bertz CT molecular complexity index is 630. The molecule has 2 rings (SSSR count). The maximum Gasteiger partial charge on any atom is 0.338 e. The maximum atomic E-state index is 11.6. The van der Waals surface area contributed by atoms with Crippen molar-refractivity contribution in [3.8, 4) is 5.75 Å². The highest BCUT2D eigenvalue weighted by atomic mass is 16.5. The molecule has 0 aliphatic carbocycles. The van der Waals surface area contributed by atoms with Gasteiger partial charge in [0.1, 0.15) is 18.1 Å². The molecule has 0 atom stereocenters. The lowest BCUT2D eigenvalue weighted by Crippen LogP contribution is -2.06. The fourth-order valence-electron chi connectivity index (χ4n) is 1.88. The zero-order chi connectivity index (χ0) is 15.4. The van der Waals surface area contributed by atoms with Crippen LogP contribution in [0.25, 0.3) is 0 Å². The zero-order valence-electron chi connectivity index (χ0n) is 12.3. The summed E-state index contributed by atoms with van der Waals surface area (Å²) in [6.07, 6.45) is 0. The molecule has 2 aromatic rings. The van der Waals surface area contributed by atoms with Crippen LogP contribution in [-0.2, 0) is 11.3 Å². The fraction of sp³-hybridized carbons (Fsp3) is 0.333. The number of ether oxygens (including phenoxy) is 2. The SMILES string of the molecule is CCOC(=O)c1ccc(OCc2c(C)noc2C)c(N)c1. The Morgan fingerprint density at radius 2 is 2.14 bits per heavy atom. The van der Waals surface area contributed by atoms with E-state index in [9.17, 15) is 4.79 Å². The summed E-state index contributed by atoms with van der Waals surface area (Å²) in [6, 6.07) is 4.82. The lowest BCUT2D eigenvalue weighted by Gasteiger charge is -2.10. The van der Waals surface area contributed by atoms with Crippen LogP contribution in [0.4, 0.5) is 5.69 Å². The van der Waals surface area contributed by atoms with E-state index in [4.69, 9.17) is 19.7 Å². The third-order valence-electron chi connectivity index (χ3n) is 3.07. The van der Waals surface area contributed by atoms with Crippen molar-refractivity contribution in [1.29, 1.82) is 0 Å². The lowest BCUT2D eigenvalue weighted by atomic mass is 10.2. The van der Waals surface area contributed by atoms with E-state index in [0.717, 1.165) is 11.3 Å². The van der Waals surface area contributed by atoms with Crippen molar-refractivity contribution < 1.29 is 18.8 Å². The smallest absolute Gasteiger partial charge is 0.338 e. The highest BCUT2D eigenvalue weighted by molar-refractivity contribution is 5.91. The molecule has 21 heavy (non-hydrogen) atoms. The Morgan fingerprint density at radius 3 is 2.71 bits per heavy atom. The van der Waals surface area contributed by atoms with Crippen LogP contribution < -0.4 is 10.5 Å². The quantitative estimate of drug-likeness (QED) is 0.672. The molecule has 0 bridgehead atoms. The molecular formula is C15H18N2O4. The standard InChI is InChI=1S/C15H18N2O4/c1-4-19-15(18)11-5-6-14(13(16)7-11)20-8-12-9(2)17-21-10(12)3/h5-7H,4,8,16H2,1-3H3. The minimum atomic E-state index is -0.401. The van der Waals surface area contributed by atoms with Crippen LogP contribution in [0.15, 0.2) is 22.7 Å². The van der Waals surface area contributed by atoms with Crippen molar-refractivity contribution in [3.05, 3.63) is 40.8 Å². The van der Waals surface area contributed by atoms with E-state index in [-0.39, 0.29) is 0 Å². The molecule has 0 radical (unpaired) electrons. The van der Waals surface area contributed by atoms with Crippen LogP contribution in [0.2, 0.25) is 0 Å². The van der Waals surface area contributed by atoms with Gasteiger partial charge in [-0.1, -0.05) is 5.16 Å². The van der Waals surface area contributed by atoms with Crippen LogP contribution in [0.5, 0.6) is 5.75 Å². The van der Waals surface area contributed by atoms with Crippen molar-refractivity contribution in [3.63, 3.8) is 0 Å². The predicted molar refractivity (Wildman–Crippen MR) is 77.1 cm³/mol. The van der Waals surface area contributed by atoms with Crippen LogP contribution >= 0.6 is 0 Å². The minimum absolute atomic E-state index is 0.310. The molecule has 0 saturated carbocycles. The zero-order valence-corrected chi connectivity index (χ0v) is 12.3. The van der Waals surface area contributed by atoms with Gasteiger partial charge in [0, 0.05) is 0 Å². The molecule has 1 heterocycles. The average molecular weight is 290 g/mol. The molecule has 2 N–H and O–H groups in total. The molecule has 0 aliphatic heterocycles. The highest BCUT2D eigenvalue weighted by Crippen LogP contribution is 2.25. The van der Waals surface area contributed by atoms with Gasteiger partial charge in [0.15, 0.2) is 0 Å². The minimum Gasteiger partial charge on any atom is -0.487 e. The number of hydrogen-bond donors (Lipinski definition) is 1. The third-order valence-corrected chi connectivity index (χ3v) is 3.07. The van der Waals surface area contributed by atoms with Gasteiger partial charge in [-0.2, -0.15) is 0 Å². The second-order valence-electron chi connectivity index (χ2n) is 4.56. The van der Waals surface area contributed by atoms with Crippen molar-refractivity contribution in [2.45, 2.75) is 27.4 Å². The summed E-state index contributed by atoms with van der Waals surface area (Å²) >= 11 is 0. The van der Waals surface area contributed by atoms with Gasteiger partial charge >= 0.3 is 5.97 Å². The van der Waals surface area contributed by atoms with Gasteiger partial charge < -0.3 is 19.7 Å². The summed E-state index contributed by atoms with van der Waals surface area (Å²) in [5, 5.41) is 3.86. The van der Waals surface area contributed by atoms with E-state index in [1.807, 2.05) is 13.8 Å². The molecule has 0 amide bonds. The first kappa shape index (κ1) is 14.9. The Labute approximate surface area is 122 Å². The summed E-state index contributed by atoms with van der Waals surface area (Å²) in [5.41, 5.74) is 8.36. The van der Waals surface area contributed by atoms with E-state index < -0.39 is 5.97 Å². The van der Waals surface area contributed by atoms with Crippen LogP contribution in [0, 0.1) is 13.8 Å². The summed E-state index contributed by atoms with van der Waals surface area (Å²) in [4.78, 5) is 11.6. The third kappa shape index (κ3) is 3.34. The molecule has 6 heteroatoms. The molecule has 0 saturated heterocycles. The predicted octanol–water partition coefficient (Wildman–Crippen LogP) is 2.63. The van der Waals surface area contributed by atoms with E-state index in [1.54, 1.807) is 25.1 Å². The normalized spacial score (nSPS) is 10.4. The number of nitrogens with zero attached hydrogens (tertiary/aromatic N) is 1. The number of anilines is 1. The number of hydrogen-bond acceptors (Lipinski definition) is 6. The van der Waals surface area contributed by atoms with Crippen molar-refractivity contribution >= 4 is 11.7 Å². The van der Waals surface area contributed by atoms with Gasteiger partial charge in [-0.25, -0.2) is 4.79 Å². The van der Waals surface area contributed by atoms with Crippen molar-refractivity contribution in [2.75, 3.05) is 12.3 Å². The molecule has 0 aliphatic rings. The molecule has 0 unspecified atom stereocenters. The monoisotopic (exact) mass is 290 g/mol. The van der Waals surface area contributed by atoms with E-state index in [2.05, 4.69) is 5.16 Å². The summed E-state index contributed by atoms with van der Waals surface area (Å²) in [6.45, 7) is 6.06. The van der Waals surface area contributed by atoms with Gasteiger partial charge in [0.05, 0.1) is 29.1 Å². The molecular weight excluding hydrogens is 272 g/mol. The van der Waals surface area contributed by atoms with Crippen molar-refractivity contribution in [1.82, 2.24) is 5.16 Å². The Balaban J connectivity index is 2.09. The van der Waals surface area contributed by atoms with Gasteiger partial charge in [-0.15, -0.1) is 0 Å². The second kappa shape index (κ2) is 6.30. The number of esters is 1. The van der Waals surface area contributed by atoms with Gasteiger partial charge in [0.2, 0.25) is 0 Å². The largest absolute Gasteiger partial charge is 0.487 e. The highest BCUT2D eigenvalue weighted by Gasteiger charge is 2.12. The molecule has 6 nitrogen and oxygen atoms in total. The second-order valence-corrected chi connectivity index (χ2v) is 4.56. The average Bonchev–Trinajstić information content (AvgIpc) is 2.77. The van der Waals surface area contributed by atoms with Crippen LogP contribution in [-0.4, -0.2) is 17.7 Å². The topological polar surface area (TPSA) is 87.6 Å². The maximum absolute atomic E-state index is 11.6. The van der Waals surface area contributed by atoms with Gasteiger partial charge in [0.25, 0.3) is 0 Å². The molecule has 112 valence electrons. The molecule has 0 fully saturated rings. The Morgan fingerprint density at radius 1 is 1.38 bits per heavy atom. The number of rotatable bonds is 5. The van der Waals surface area contributed by atoms with Crippen LogP contribution in [0.3, 0.4) is 0 Å². The van der Waals surface area contributed by atoms with E-state index in [0.29, 0.717) is 36.0 Å². The first-order chi connectivity index (χ1) is 10.0. The number of aromatic nitrogens is 1. The van der Waals surface area contributed by atoms with Gasteiger partial charge in [-0.3, -0.25) is 0 Å². The fourth-order valence-corrected chi connectivity index (χ4v) is 1.88. The molecule has 0 spiro atoms. The molecule has 1 aromatic carbocycles. The number of aryl methyl sites for hydroxylation is 2. The Hall–Kier alpha value is -2.50. The summed E-state index contributed by atoms with van der Waals surface area (Å²) < 4.78 is 15.6.